The molecule has 0 amide bonds. The van der Waals surface area contributed by atoms with Crippen molar-refractivity contribution in [3.05, 3.63) is 258 Å². The predicted molar refractivity (Wildman–Crippen MR) is 267 cm³/mol. The average molecular weight is 808 g/mol. The second-order valence-corrected chi connectivity index (χ2v) is 18.6. The molecule has 16 rings (SSSR count). The van der Waals surface area contributed by atoms with Crippen molar-refractivity contribution in [3.8, 4) is 11.1 Å². The summed E-state index contributed by atoms with van der Waals surface area (Å²) in [4.78, 5) is 2.58. The van der Waals surface area contributed by atoms with Crippen molar-refractivity contribution < 1.29 is 0 Å². The first-order chi connectivity index (χ1) is 31.8. The Morgan fingerprint density at radius 3 is 1.44 bits per heavy atom. The van der Waals surface area contributed by atoms with Crippen LogP contribution in [0.3, 0.4) is 0 Å². The van der Waals surface area contributed by atoms with Gasteiger partial charge in [-0.3, -0.25) is 0 Å². The lowest BCUT2D eigenvalue weighted by Crippen LogP contribution is -2.30. The lowest BCUT2D eigenvalue weighted by molar-refractivity contribution is 0.690. The van der Waals surface area contributed by atoms with E-state index in [0.717, 1.165) is 5.69 Å². The second kappa shape index (κ2) is 11.3. The Morgan fingerprint density at radius 1 is 0.250 bits per heavy atom. The van der Waals surface area contributed by atoms with Crippen LogP contribution in [0, 0.1) is 0 Å². The first kappa shape index (κ1) is 33.6. The van der Waals surface area contributed by atoms with Gasteiger partial charge in [0.15, 0.2) is 0 Å². The van der Waals surface area contributed by atoms with E-state index in [1.54, 1.807) is 0 Å². The maximum absolute atomic E-state index is 2.58. The van der Waals surface area contributed by atoms with Crippen molar-refractivity contribution in [2.75, 3.05) is 4.90 Å². The summed E-state index contributed by atoms with van der Waals surface area (Å²) in [6.07, 6.45) is 0. The van der Waals surface area contributed by atoms with E-state index in [-0.39, 0.29) is 16.2 Å². The highest BCUT2D eigenvalue weighted by Crippen LogP contribution is 2.94. The highest BCUT2D eigenvalue weighted by Gasteiger charge is 2.95. The SMILES string of the molecule is c1ccc2c(c1)-c1ccccc1C13c4ccc(N(c5ccc6ccc7ccccc7c6c5)c5cc6ccccc6c6ccccc56)c5cccc(c45)C14c1cccc5cccc(c15)C234. The Kier molecular flexibility index (Phi) is 5.95. The van der Waals surface area contributed by atoms with Crippen LogP contribution in [-0.2, 0) is 16.2 Å². The van der Waals surface area contributed by atoms with Crippen LogP contribution in [0.15, 0.2) is 224 Å². The van der Waals surface area contributed by atoms with Gasteiger partial charge in [0.25, 0.3) is 0 Å². The molecule has 3 spiro atoms. The molecular formula is C63H37N. The Morgan fingerprint density at radius 2 is 0.719 bits per heavy atom. The molecule has 64 heavy (non-hydrogen) atoms. The molecule has 4 aliphatic carbocycles. The third-order valence-corrected chi connectivity index (χ3v) is 16.3. The fraction of sp³-hybridized carbons (Fsp3) is 0.0476. The number of fused-ring (bicyclic) bond motifs is 9. The normalized spacial score (nSPS) is 20.4. The number of hydrogen-bond acceptors (Lipinski definition) is 1. The van der Waals surface area contributed by atoms with E-state index < -0.39 is 0 Å². The highest BCUT2D eigenvalue weighted by atomic mass is 15.1. The summed E-state index contributed by atoms with van der Waals surface area (Å²) in [5.41, 5.74) is 14.1. The number of hydrogen-bond donors (Lipinski definition) is 0. The van der Waals surface area contributed by atoms with Crippen molar-refractivity contribution in [2.45, 2.75) is 16.2 Å². The molecule has 4 aliphatic rings. The van der Waals surface area contributed by atoms with Crippen molar-refractivity contribution >= 4 is 81.7 Å². The molecule has 0 aliphatic heterocycles. The average Bonchev–Trinajstić information content (AvgIpc) is 3.72. The van der Waals surface area contributed by atoms with Crippen LogP contribution in [-0.4, -0.2) is 0 Å². The van der Waals surface area contributed by atoms with Crippen molar-refractivity contribution in [2.24, 2.45) is 0 Å². The van der Waals surface area contributed by atoms with Gasteiger partial charge in [-0.1, -0.05) is 200 Å². The molecule has 3 unspecified atom stereocenters. The summed E-state index contributed by atoms with van der Waals surface area (Å²) < 4.78 is 0. The molecule has 12 aromatic rings. The number of benzene rings is 12. The molecule has 0 bridgehead atoms. The van der Waals surface area contributed by atoms with Crippen molar-refractivity contribution in [3.63, 3.8) is 0 Å². The zero-order valence-corrected chi connectivity index (χ0v) is 34.8. The van der Waals surface area contributed by atoms with Gasteiger partial charge >= 0.3 is 0 Å². The first-order valence-electron chi connectivity index (χ1n) is 22.7. The van der Waals surface area contributed by atoms with Crippen LogP contribution in [0.1, 0.15) is 33.4 Å². The summed E-state index contributed by atoms with van der Waals surface area (Å²) in [6.45, 7) is 0. The third-order valence-electron chi connectivity index (χ3n) is 16.3. The molecule has 1 heteroatoms. The minimum atomic E-state index is -0.325. The van der Waals surface area contributed by atoms with Crippen LogP contribution in [0.25, 0.3) is 75.8 Å². The summed E-state index contributed by atoms with van der Waals surface area (Å²) in [7, 11) is 0. The van der Waals surface area contributed by atoms with Gasteiger partial charge in [-0.2, -0.15) is 0 Å². The van der Waals surface area contributed by atoms with Gasteiger partial charge < -0.3 is 4.90 Å². The fourth-order valence-electron chi connectivity index (χ4n) is 14.4. The molecule has 0 radical (unpaired) electrons. The Hall–Kier alpha value is -8.00. The smallest absolute Gasteiger partial charge is 0.0546 e. The van der Waals surface area contributed by atoms with Crippen LogP contribution in [0.5, 0.6) is 0 Å². The number of nitrogens with zero attached hydrogens (tertiary/aromatic N) is 1. The van der Waals surface area contributed by atoms with Gasteiger partial charge in [-0.15, -0.1) is 0 Å². The van der Waals surface area contributed by atoms with Gasteiger partial charge in [0.1, 0.15) is 0 Å². The summed E-state index contributed by atoms with van der Waals surface area (Å²) in [6, 6.07) is 86.0. The molecule has 0 heterocycles. The topological polar surface area (TPSA) is 3.24 Å². The predicted octanol–water partition coefficient (Wildman–Crippen LogP) is 16.0. The van der Waals surface area contributed by atoms with Crippen LogP contribution in [0.4, 0.5) is 17.1 Å². The van der Waals surface area contributed by atoms with Crippen molar-refractivity contribution in [1.82, 2.24) is 0 Å². The van der Waals surface area contributed by atoms with E-state index in [4.69, 9.17) is 0 Å². The molecule has 12 aromatic carbocycles. The second-order valence-electron chi connectivity index (χ2n) is 18.6. The maximum atomic E-state index is 2.58. The zero-order chi connectivity index (χ0) is 41.5. The van der Waals surface area contributed by atoms with Gasteiger partial charge in [-0.25, -0.2) is 0 Å². The molecular weight excluding hydrogens is 771 g/mol. The largest absolute Gasteiger partial charge is 0.309 e. The Labute approximate surface area is 370 Å². The van der Waals surface area contributed by atoms with Crippen LogP contribution < -0.4 is 4.90 Å². The molecule has 1 saturated carbocycles. The Bertz CT molecular complexity index is 4120. The summed E-state index contributed by atoms with van der Waals surface area (Å²) in [5.74, 6) is 0. The standard InChI is InChI=1S/C63H37N/c1-3-18-43-38(14-1)30-31-39-32-33-42(37-50(39)43)64(58-36-41-15-2-4-19-44(41)45-20-5-6-23-48(45)58)57-35-34-56-60-49(57)24-13-29-55(60)63-54-28-12-17-40-16-11-27-53(59(40)54)61(63)51-25-9-7-21-46(51)47-22-8-10-26-52(47)62(56,61)63/h1-37H. The number of rotatable bonds is 3. The monoisotopic (exact) mass is 807 g/mol. The van der Waals surface area contributed by atoms with Gasteiger partial charge in [0, 0.05) is 16.5 Å². The molecule has 1 fully saturated rings. The molecule has 0 N–H and O–H groups in total. The number of anilines is 3. The summed E-state index contributed by atoms with van der Waals surface area (Å²) in [5, 5.41) is 15.5. The minimum Gasteiger partial charge on any atom is -0.309 e. The fourth-order valence-corrected chi connectivity index (χ4v) is 14.4. The molecule has 0 saturated heterocycles. The van der Waals surface area contributed by atoms with E-state index in [0.29, 0.717) is 0 Å². The summed E-state index contributed by atoms with van der Waals surface area (Å²) >= 11 is 0. The molecule has 0 aromatic heterocycles. The van der Waals surface area contributed by atoms with Crippen LogP contribution >= 0.6 is 0 Å². The maximum Gasteiger partial charge on any atom is 0.0546 e. The van der Waals surface area contributed by atoms with E-state index in [1.807, 2.05) is 0 Å². The van der Waals surface area contributed by atoms with E-state index >= 15 is 0 Å². The zero-order valence-electron chi connectivity index (χ0n) is 34.8. The van der Waals surface area contributed by atoms with E-state index in [1.165, 1.54) is 121 Å². The van der Waals surface area contributed by atoms with Gasteiger partial charge in [0.2, 0.25) is 0 Å². The first-order valence-corrected chi connectivity index (χ1v) is 22.7. The molecule has 1 nitrogen and oxygen atoms in total. The molecule has 294 valence electrons. The van der Waals surface area contributed by atoms with Crippen LogP contribution in [0.2, 0.25) is 0 Å². The quantitative estimate of drug-likeness (QED) is 0.161. The lowest BCUT2D eigenvalue weighted by Gasteiger charge is -2.37. The molecule has 3 atom stereocenters. The van der Waals surface area contributed by atoms with E-state index in [9.17, 15) is 0 Å². The minimum absolute atomic E-state index is 0.287. The van der Waals surface area contributed by atoms with E-state index in [2.05, 4.69) is 229 Å². The Balaban J connectivity index is 1.05. The highest BCUT2D eigenvalue weighted by molar-refractivity contribution is 6.19. The van der Waals surface area contributed by atoms with Gasteiger partial charge in [-0.05, 0) is 123 Å². The third kappa shape index (κ3) is 3.47. The van der Waals surface area contributed by atoms with Gasteiger partial charge in [0.05, 0.1) is 27.6 Å². The van der Waals surface area contributed by atoms with Crippen molar-refractivity contribution in [1.29, 1.82) is 0 Å². The lowest BCUT2D eigenvalue weighted by atomic mass is 9.65.